The summed E-state index contributed by atoms with van der Waals surface area (Å²) in [6, 6.07) is 16.1. The van der Waals surface area contributed by atoms with Crippen molar-refractivity contribution in [3.05, 3.63) is 88.6 Å². The number of anilines is 1. The molecule has 1 saturated carbocycles. The summed E-state index contributed by atoms with van der Waals surface area (Å²) in [5.74, 6) is -0.684. The Morgan fingerprint density at radius 3 is 2.44 bits per heavy atom. The largest absolute Gasteiger partial charge is 0.322 e. The summed E-state index contributed by atoms with van der Waals surface area (Å²) in [5.41, 5.74) is 3.05. The molecule has 0 radical (unpaired) electrons. The number of carbonyl (C=O) groups is 1. The third-order valence-corrected chi connectivity index (χ3v) is 5.86. The second-order valence-corrected chi connectivity index (χ2v) is 7.96. The molecule has 32 heavy (non-hydrogen) atoms. The van der Waals surface area contributed by atoms with E-state index < -0.39 is 0 Å². The zero-order valence-electron chi connectivity index (χ0n) is 17.3. The molecule has 2 heterocycles. The van der Waals surface area contributed by atoms with Gasteiger partial charge in [0.2, 0.25) is 0 Å². The van der Waals surface area contributed by atoms with Crippen LogP contribution in [0.2, 0.25) is 0 Å². The highest BCUT2D eigenvalue weighted by Gasteiger charge is 2.23. The Bertz CT molecular complexity index is 1340. The van der Waals surface area contributed by atoms with Crippen LogP contribution >= 0.6 is 0 Å². The van der Waals surface area contributed by atoms with Gasteiger partial charge in [0, 0.05) is 29.1 Å². The number of nitrogens with zero attached hydrogens (tertiary/aromatic N) is 3. The van der Waals surface area contributed by atoms with Crippen molar-refractivity contribution in [3.8, 4) is 11.3 Å². The van der Waals surface area contributed by atoms with Gasteiger partial charge in [0.1, 0.15) is 17.0 Å². The Hall–Kier alpha value is -3.87. The average molecular weight is 428 g/mol. The van der Waals surface area contributed by atoms with E-state index in [1.807, 2.05) is 12.1 Å². The van der Waals surface area contributed by atoms with Crippen LogP contribution in [0.5, 0.6) is 0 Å². The SMILES string of the molecule is O=C(Nc1ccc(F)cc1)c1ccc(-c2nc3cccnc3n(C3CCCC3)c2=O)cc1. The molecule has 2 aromatic heterocycles. The second kappa shape index (κ2) is 8.34. The van der Waals surface area contributed by atoms with Crippen LogP contribution in [0.4, 0.5) is 10.1 Å². The van der Waals surface area contributed by atoms with Crippen LogP contribution in [0.3, 0.4) is 0 Å². The predicted molar refractivity (Wildman–Crippen MR) is 121 cm³/mol. The van der Waals surface area contributed by atoms with Gasteiger partial charge >= 0.3 is 0 Å². The number of carbonyl (C=O) groups excluding carboxylic acids is 1. The van der Waals surface area contributed by atoms with Gasteiger partial charge < -0.3 is 5.32 Å². The first kappa shape index (κ1) is 20.1. The minimum atomic E-state index is -0.367. The van der Waals surface area contributed by atoms with Gasteiger partial charge in [-0.2, -0.15) is 0 Å². The normalized spacial score (nSPS) is 14.0. The molecular weight excluding hydrogens is 407 g/mol. The number of pyridine rings is 1. The van der Waals surface area contributed by atoms with E-state index in [1.54, 1.807) is 35.0 Å². The van der Waals surface area contributed by atoms with Gasteiger partial charge in [0.15, 0.2) is 5.65 Å². The van der Waals surface area contributed by atoms with Crippen molar-refractivity contribution in [1.82, 2.24) is 14.5 Å². The Kier molecular flexibility index (Phi) is 5.23. The molecule has 0 spiro atoms. The van der Waals surface area contributed by atoms with E-state index in [1.165, 1.54) is 24.3 Å². The van der Waals surface area contributed by atoms with E-state index in [0.29, 0.717) is 33.7 Å². The van der Waals surface area contributed by atoms with Crippen LogP contribution in [-0.4, -0.2) is 20.4 Å². The van der Waals surface area contributed by atoms with Gasteiger partial charge in [-0.15, -0.1) is 0 Å². The number of hydrogen-bond donors (Lipinski definition) is 1. The van der Waals surface area contributed by atoms with Gasteiger partial charge in [-0.1, -0.05) is 25.0 Å². The molecule has 0 aliphatic heterocycles. The zero-order valence-corrected chi connectivity index (χ0v) is 17.3. The maximum absolute atomic E-state index is 13.4. The molecule has 1 amide bonds. The standard InChI is InChI=1S/C25H21FN4O2/c26-18-11-13-19(14-12-18)28-24(31)17-9-7-16(8-10-17)22-25(32)30(20-4-1-2-5-20)23-21(29-22)6-3-15-27-23/h3,6-15,20H,1-2,4-5H2,(H,28,31). The van der Waals surface area contributed by atoms with Gasteiger partial charge in [0.05, 0.1) is 0 Å². The first-order chi connectivity index (χ1) is 15.6. The topological polar surface area (TPSA) is 76.9 Å². The lowest BCUT2D eigenvalue weighted by Crippen LogP contribution is -2.27. The highest BCUT2D eigenvalue weighted by molar-refractivity contribution is 6.04. The van der Waals surface area contributed by atoms with E-state index in [2.05, 4.69) is 15.3 Å². The van der Waals surface area contributed by atoms with Crippen LogP contribution in [0.1, 0.15) is 42.1 Å². The average Bonchev–Trinajstić information content (AvgIpc) is 3.35. The lowest BCUT2D eigenvalue weighted by Gasteiger charge is -2.17. The number of amides is 1. The molecule has 0 saturated heterocycles. The molecular formula is C25H21FN4O2. The monoisotopic (exact) mass is 428 g/mol. The molecule has 5 rings (SSSR count). The smallest absolute Gasteiger partial charge is 0.278 e. The maximum Gasteiger partial charge on any atom is 0.278 e. The van der Waals surface area contributed by atoms with E-state index in [9.17, 15) is 14.0 Å². The van der Waals surface area contributed by atoms with Gasteiger partial charge in [-0.05, 0) is 61.4 Å². The molecule has 4 aromatic rings. The van der Waals surface area contributed by atoms with E-state index >= 15 is 0 Å². The number of halogens is 1. The highest BCUT2D eigenvalue weighted by atomic mass is 19.1. The predicted octanol–water partition coefficient (Wildman–Crippen LogP) is 4.97. The number of nitrogens with one attached hydrogen (secondary N) is 1. The molecule has 1 aliphatic rings. The van der Waals surface area contributed by atoms with Gasteiger partial charge in [0.25, 0.3) is 11.5 Å². The lowest BCUT2D eigenvalue weighted by molar-refractivity contribution is 0.102. The Morgan fingerprint density at radius 1 is 1.00 bits per heavy atom. The summed E-state index contributed by atoms with van der Waals surface area (Å²) >= 11 is 0. The molecule has 1 aliphatic carbocycles. The fourth-order valence-corrected chi connectivity index (χ4v) is 4.25. The fraction of sp³-hybridized carbons (Fsp3) is 0.200. The summed E-state index contributed by atoms with van der Waals surface area (Å²) in [6.07, 6.45) is 5.79. The third-order valence-electron chi connectivity index (χ3n) is 5.86. The number of fused-ring (bicyclic) bond motifs is 1. The maximum atomic E-state index is 13.4. The Balaban J connectivity index is 1.49. The molecule has 1 fully saturated rings. The van der Waals surface area contributed by atoms with Crippen molar-refractivity contribution in [2.24, 2.45) is 0 Å². The first-order valence-corrected chi connectivity index (χ1v) is 10.6. The third kappa shape index (κ3) is 3.77. The minimum Gasteiger partial charge on any atom is -0.322 e. The van der Waals surface area contributed by atoms with Crippen LogP contribution in [0.15, 0.2) is 71.7 Å². The minimum absolute atomic E-state index is 0.127. The zero-order chi connectivity index (χ0) is 22.1. The molecule has 1 N–H and O–H groups in total. The van der Waals surface area contributed by atoms with Crippen molar-refractivity contribution < 1.29 is 9.18 Å². The molecule has 0 atom stereocenters. The number of rotatable bonds is 4. The van der Waals surface area contributed by atoms with Crippen LogP contribution in [0.25, 0.3) is 22.4 Å². The molecule has 6 nitrogen and oxygen atoms in total. The lowest BCUT2D eigenvalue weighted by atomic mass is 10.1. The van der Waals surface area contributed by atoms with E-state index in [4.69, 9.17) is 0 Å². The molecule has 0 unspecified atom stereocenters. The number of hydrogen-bond acceptors (Lipinski definition) is 4. The van der Waals surface area contributed by atoms with Crippen LogP contribution in [0, 0.1) is 5.82 Å². The highest BCUT2D eigenvalue weighted by Crippen LogP contribution is 2.31. The fourth-order valence-electron chi connectivity index (χ4n) is 4.25. The molecule has 0 bridgehead atoms. The van der Waals surface area contributed by atoms with Crippen molar-refractivity contribution >= 4 is 22.8 Å². The van der Waals surface area contributed by atoms with Gasteiger partial charge in [-0.25, -0.2) is 14.4 Å². The van der Waals surface area contributed by atoms with Gasteiger partial charge in [-0.3, -0.25) is 14.2 Å². The summed E-state index contributed by atoms with van der Waals surface area (Å²) in [7, 11) is 0. The quantitative estimate of drug-likeness (QED) is 0.498. The molecule has 2 aromatic carbocycles. The summed E-state index contributed by atoms with van der Waals surface area (Å²) < 4.78 is 14.9. The molecule has 160 valence electrons. The van der Waals surface area contributed by atoms with Crippen molar-refractivity contribution in [2.45, 2.75) is 31.7 Å². The Labute approximate surface area is 183 Å². The second-order valence-electron chi connectivity index (χ2n) is 7.96. The van der Waals surface area contributed by atoms with E-state index in [-0.39, 0.29) is 23.3 Å². The Morgan fingerprint density at radius 2 is 1.72 bits per heavy atom. The summed E-state index contributed by atoms with van der Waals surface area (Å²) in [6.45, 7) is 0. The van der Waals surface area contributed by atoms with Crippen molar-refractivity contribution in [2.75, 3.05) is 5.32 Å². The summed E-state index contributed by atoms with van der Waals surface area (Å²) in [4.78, 5) is 35.0. The van der Waals surface area contributed by atoms with Crippen molar-refractivity contribution in [3.63, 3.8) is 0 Å². The number of aromatic nitrogens is 3. The number of benzene rings is 2. The van der Waals surface area contributed by atoms with Crippen LogP contribution in [-0.2, 0) is 0 Å². The van der Waals surface area contributed by atoms with Crippen molar-refractivity contribution in [1.29, 1.82) is 0 Å². The van der Waals surface area contributed by atoms with E-state index in [0.717, 1.165) is 25.7 Å². The first-order valence-electron chi connectivity index (χ1n) is 10.6. The molecule has 7 heteroatoms. The van der Waals surface area contributed by atoms with Crippen LogP contribution < -0.4 is 10.9 Å². The summed E-state index contributed by atoms with van der Waals surface area (Å²) in [5, 5.41) is 2.73.